The molecule has 0 atom stereocenters. The lowest BCUT2D eigenvalue weighted by Crippen LogP contribution is -2.00. The van der Waals surface area contributed by atoms with Gasteiger partial charge in [0, 0.05) is 4.90 Å². The van der Waals surface area contributed by atoms with Crippen LogP contribution in [-0.4, -0.2) is 18.8 Å². The molecule has 0 radical (unpaired) electrons. The van der Waals surface area contributed by atoms with E-state index in [4.69, 9.17) is 0 Å². The van der Waals surface area contributed by atoms with Gasteiger partial charge in [-0.15, -0.1) is 11.8 Å². The molecule has 0 aliphatic heterocycles. The number of esters is 1. The summed E-state index contributed by atoms with van der Waals surface area (Å²) in [4.78, 5) is 12.2. The second-order valence-corrected chi connectivity index (χ2v) is 3.79. The number of hydrogen-bond donors (Lipinski definition) is 0. The maximum atomic E-state index is 11.1. The molecule has 0 spiro atoms. The Bertz CT molecular complexity index is 297. The lowest BCUT2D eigenvalue weighted by atomic mass is 10.2. The van der Waals surface area contributed by atoms with Crippen molar-refractivity contribution in [3.05, 3.63) is 29.8 Å². The highest BCUT2D eigenvalue weighted by Crippen LogP contribution is 2.18. The Kier molecular flexibility index (Phi) is 3.83. The smallest absolute Gasteiger partial charge is 0.337 e. The van der Waals surface area contributed by atoms with Crippen LogP contribution >= 0.6 is 11.8 Å². The fraction of sp³-hybridized carbons (Fsp3) is 0.300. The molecular weight excluding hydrogens is 184 g/mol. The van der Waals surface area contributed by atoms with Crippen LogP contribution in [0.2, 0.25) is 0 Å². The molecule has 0 aromatic heterocycles. The molecule has 1 aromatic carbocycles. The molecule has 0 saturated carbocycles. The highest BCUT2D eigenvalue weighted by atomic mass is 32.2. The monoisotopic (exact) mass is 196 g/mol. The fourth-order valence-corrected chi connectivity index (χ4v) is 1.72. The zero-order valence-corrected chi connectivity index (χ0v) is 8.56. The van der Waals surface area contributed by atoms with Crippen molar-refractivity contribution in [2.75, 3.05) is 12.9 Å². The van der Waals surface area contributed by atoms with Crippen molar-refractivity contribution in [1.82, 2.24) is 0 Å². The van der Waals surface area contributed by atoms with Gasteiger partial charge in [-0.05, 0) is 24.0 Å². The Balaban J connectivity index is 2.85. The molecule has 3 heteroatoms. The van der Waals surface area contributed by atoms with E-state index in [2.05, 4.69) is 11.7 Å². The fourth-order valence-electron chi connectivity index (χ4n) is 0.997. The summed E-state index contributed by atoms with van der Waals surface area (Å²) in [5, 5.41) is 0. The van der Waals surface area contributed by atoms with Gasteiger partial charge in [0.2, 0.25) is 0 Å². The topological polar surface area (TPSA) is 26.3 Å². The summed E-state index contributed by atoms with van der Waals surface area (Å²) in [6.07, 6.45) is 0. The molecule has 0 aliphatic carbocycles. The number of ether oxygens (including phenoxy) is 1. The highest BCUT2D eigenvalue weighted by Gasteiger charge is 2.04. The van der Waals surface area contributed by atoms with E-state index in [9.17, 15) is 4.79 Å². The second kappa shape index (κ2) is 4.92. The van der Waals surface area contributed by atoms with Gasteiger partial charge < -0.3 is 4.74 Å². The maximum absolute atomic E-state index is 11.1. The second-order valence-electron chi connectivity index (χ2n) is 2.45. The van der Waals surface area contributed by atoms with E-state index in [1.807, 2.05) is 18.2 Å². The third-order valence-corrected chi connectivity index (χ3v) is 2.44. The first-order valence-corrected chi connectivity index (χ1v) is 5.07. The molecule has 0 unspecified atom stereocenters. The molecule has 0 bridgehead atoms. The lowest BCUT2D eigenvalue weighted by molar-refractivity contribution is 0.0600. The molecule has 0 saturated heterocycles. The van der Waals surface area contributed by atoms with E-state index in [-0.39, 0.29) is 5.97 Å². The first-order chi connectivity index (χ1) is 6.27. The summed E-state index contributed by atoms with van der Waals surface area (Å²) in [5.74, 6) is 0.725. The van der Waals surface area contributed by atoms with Crippen molar-refractivity contribution in [3.8, 4) is 0 Å². The van der Waals surface area contributed by atoms with Gasteiger partial charge in [0.15, 0.2) is 0 Å². The molecule has 0 N–H and O–H groups in total. The largest absolute Gasteiger partial charge is 0.465 e. The number of methoxy groups -OCH3 is 1. The van der Waals surface area contributed by atoms with Crippen LogP contribution < -0.4 is 0 Å². The minimum absolute atomic E-state index is 0.279. The van der Waals surface area contributed by atoms with Gasteiger partial charge >= 0.3 is 5.97 Å². The summed E-state index contributed by atoms with van der Waals surface area (Å²) in [5.41, 5.74) is 0.612. The molecule has 1 rings (SSSR count). The summed E-state index contributed by atoms with van der Waals surface area (Å²) in [6, 6.07) is 7.45. The van der Waals surface area contributed by atoms with Crippen LogP contribution in [0.5, 0.6) is 0 Å². The maximum Gasteiger partial charge on any atom is 0.337 e. The number of thioether (sulfide) groups is 1. The van der Waals surface area contributed by atoms with Gasteiger partial charge in [0.25, 0.3) is 0 Å². The summed E-state index contributed by atoms with van der Waals surface area (Å²) in [7, 11) is 1.39. The Hall–Kier alpha value is -0.960. The molecule has 0 fully saturated rings. The van der Waals surface area contributed by atoms with Crippen LogP contribution in [0.1, 0.15) is 17.3 Å². The van der Waals surface area contributed by atoms with Crippen molar-refractivity contribution in [2.24, 2.45) is 0 Å². The van der Waals surface area contributed by atoms with Crippen LogP contribution in [0.3, 0.4) is 0 Å². The number of benzene rings is 1. The standard InChI is InChI=1S/C10H12O2S/c1-3-13-9-6-4-5-8(7-9)10(11)12-2/h4-7H,3H2,1-2H3. The van der Waals surface area contributed by atoms with Crippen molar-refractivity contribution >= 4 is 17.7 Å². The zero-order valence-electron chi connectivity index (χ0n) is 7.74. The molecule has 70 valence electrons. The van der Waals surface area contributed by atoms with Gasteiger partial charge in [-0.3, -0.25) is 0 Å². The molecule has 1 aromatic rings. The van der Waals surface area contributed by atoms with Crippen LogP contribution in [0.4, 0.5) is 0 Å². The summed E-state index contributed by atoms with van der Waals surface area (Å²) >= 11 is 1.71. The van der Waals surface area contributed by atoms with Gasteiger partial charge in [0.05, 0.1) is 12.7 Å². The summed E-state index contributed by atoms with van der Waals surface area (Å²) in [6.45, 7) is 2.08. The number of rotatable bonds is 3. The average molecular weight is 196 g/mol. The van der Waals surface area contributed by atoms with Crippen LogP contribution in [0.25, 0.3) is 0 Å². The zero-order chi connectivity index (χ0) is 9.68. The Morgan fingerprint density at radius 3 is 2.92 bits per heavy atom. The predicted octanol–water partition coefficient (Wildman–Crippen LogP) is 2.59. The van der Waals surface area contributed by atoms with Crippen LogP contribution in [0.15, 0.2) is 29.2 Å². The first-order valence-electron chi connectivity index (χ1n) is 4.09. The highest BCUT2D eigenvalue weighted by molar-refractivity contribution is 7.99. The number of carbonyl (C=O) groups excluding carboxylic acids is 1. The third kappa shape index (κ3) is 2.77. The number of carbonyl (C=O) groups is 1. The normalized spacial score (nSPS) is 9.69. The minimum atomic E-state index is -0.279. The van der Waals surface area contributed by atoms with Crippen molar-refractivity contribution in [3.63, 3.8) is 0 Å². The van der Waals surface area contributed by atoms with Crippen molar-refractivity contribution in [1.29, 1.82) is 0 Å². The molecular formula is C10H12O2S. The van der Waals surface area contributed by atoms with Crippen LogP contribution in [-0.2, 0) is 4.74 Å². The van der Waals surface area contributed by atoms with Gasteiger partial charge in [0.1, 0.15) is 0 Å². The SMILES string of the molecule is CCSc1cccc(C(=O)OC)c1. The first kappa shape index (κ1) is 10.1. The third-order valence-electron chi connectivity index (χ3n) is 1.57. The predicted molar refractivity (Wildman–Crippen MR) is 54.2 cm³/mol. The van der Waals surface area contributed by atoms with Gasteiger partial charge in [-0.1, -0.05) is 13.0 Å². The van der Waals surface area contributed by atoms with E-state index in [0.717, 1.165) is 10.6 Å². The molecule has 0 heterocycles. The quantitative estimate of drug-likeness (QED) is 0.549. The minimum Gasteiger partial charge on any atom is -0.465 e. The van der Waals surface area contributed by atoms with Crippen molar-refractivity contribution in [2.45, 2.75) is 11.8 Å². The number of hydrogen-bond acceptors (Lipinski definition) is 3. The average Bonchev–Trinajstić information content (AvgIpc) is 2.18. The Morgan fingerprint density at radius 2 is 2.31 bits per heavy atom. The van der Waals surface area contributed by atoms with E-state index in [0.29, 0.717) is 5.56 Å². The van der Waals surface area contributed by atoms with Gasteiger partial charge in [-0.25, -0.2) is 4.79 Å². The lowest BCUT2D eigenvalue weighted by Gasteiger charge is -2.01. The molecule has 0 aliphatic rings. The van der Waals surface area contributed by atoms with E-state index >= 15 is 0 Å². The molecule has 0 amide bonds. The van der Waals surface area contributed by atoms with E-state index in [1.54, 1.807) is 17.8 Å². The molecule has 2 nitrogen and oxygen atoms in total. The summed E-state index contributed by atoms with van der Waals surface area (Å²) < 4.78 is 4.62. The van der Waals surface area contributed by atoms with Gasteiger partial charge in [-0.2, -0.15) is 0 Å². The van der Waals surface area contributed by atoms with Crippen molar-refractivity contribution < 1.29 is 9.53 Å². The van der Waals surface area contributed by atoms with E-state index in [1.165, 1.54) is 7.11 Å². The Labute approximate surface area is 82.3 Å². The Morgan fingerprint density at radius 1 is 1.54 bits per heavy atom. The van der Waals surface area contributed by atoms with E-state index < -0.39 is 0 Å². The molecule has 13 heavy (non-hydrogen) atoms. The van der Waals surface area contributed by atoms with Crippen LogP contribution in [0, 0.1) is 0 Å².